The summed E-state index contributed by atoms with van der Waals surface area (Å²) in [4.78, 5) is 11.0. The van der Waals surface area contributed by atoms with Crippen LogP contribution >= 0.6 is 0 Å². The maximum Gasteiger partial charge on any atom is 0.0665 e. The van der Waals surface area contributed by atoms with Crippen molar-refractivity contribution < 1.29 is 0 Å². The van der Waals surface area contributed by atoms with Gasteiger partial charge in [0, 0.05) is 0 Å². The smallest absolute Gasteiger partial charge is 0.0665 e. The minimum Gasteiger partial charge on any atom is -0.252 e. The van der Waals surface area contributed by atoms with Gasteiger partial charge in [0.15, 0.2) is 0 Å². The van der Waals surface area contributed by atoms with Crippen LogP contribution in [0.1, 0.15) is 405 Å². The molecule has 470 valence electrons. The summed E-state index contributed by atoms with van der Waals surface area (Å²) >= 11 is 0. The van der Waals surface area contributed by atoms with E-state index in [0.29, 0.717) is 0 Å². The molecule has 0 radical (unpaired) electrons. The average molecular weight is 1130 g/mol. The number of para-hydroxylation sites is 1. The lowest BCUT2D eigenvalue weighted by Gasteiger charge is -2.13. The van der Waals surface area contributed by atoms with E-state index in [4.69, 9.17) is 9.98 Å². The Labute approximate surface area is 514 Å². The summed E-state index contributed by atoms with van der Waals surface area (Å²) in [6.45, 7) is 9.24. The van der Waals surface area contributed by atoms with Gasteiger partial charge in [0.1, 0.15) is 0 Å². The molecule has 0 unspecified atom stereocenters. The lowest BCUT2D eigenvalue weighted by molar-refractivity contribution is 0.515. The van der Waals surface area contributed by atoms with Crippen LogP contribution in [0.25, 0.3) is 6.08 Å². The highest BCUT2D eigenvalue weighted by molar-refractivity contribution is 6.43. The molecule has 0 bridgehead atoms. The van der Waals surface area contributed by atoms with Crippen molar-refractivity contribution >= 4 is 28.9 Å². The molecule has 0 aliphatic carbocycles. The van der Waals surface area contributed by atoms with Crippen LogP contribution in [0.4, 0.5) is 11.4 Å². The van der Waals surface area contributed by atoms with Gasteiger partial charge < -0.3 is 0 Å². The van der Waals surface area contributed by atoms with Gasteiger partial charge in [0.05, 0.1) is 22.8 Å². The molecule has 0 N–H and O–H groups in total. The van der Waals surface area contributed by atoms with E-state index in [2.05, 4.69) is 101 Å². The summed E-state index contributed by atoms with van der Waals surface area (Å²) in [5.41, 5.74) is 7.29. The summed E-state index contributed by atoms with van der Waals surface area (Å²) < 4.78 is 0. The highest BCUT2D eigenvalue weighted by atomic mass is 14.8. The van der Waals surface area contributed by atoms with E-state index in [0.717, 1.165) is 49.9 Å². The fourth-order valence-electron chi connectivity index (χ4n) is 12.2. The Hall–Kier alpha value is -2.74. The van der Waals surface area contributed by atoms with Gasteiger partial charge in [-0.25, -0.2) is 0 Å². The molecule has 0 fully saturated rings. The number of aliphatic imine (C=N–C) groups is 2. The average Bonchev–Trinajstić information content (AvgIpc) is 3.49. The summed E-state index contributed by atoms with van der Waals surface area (Å²) in [5.74, 6) is 0. The fraction of sp³-hybridized carbons (Fsp3) is 0.775. The predicted molar refractivity (Wildman–Crippen MR) is 375 cm³/mol. The van der Waals surface area contributed by atoms with Crippen molar-refractivity contribution in [3.63, 3.8) is 0 Å². The van der Waals surface area contributed by atoms with Crippen LogP contribution in [0.2, 0.25) is 0 Å². The second kappa shape index (κ2) is 61.4. The Balaban J connectivity index is 1.68. The van der Waals surface area contributed by atoms with Gasteiger partial charge in [-0.2, -0.15) is 0 Å². The first-order chi connectivity index (χ1) is 40.7. The normalized spacial score (nSPS) is 12.3. The molecular weight excluding hydrogens is 989 g/mol. The fourth-order valence-corrected chi connectivity index (χ4v) is 12.2. The van der Waals surface area contributed by atoms with Gasteiger partial charge in [-0.05, 0) is 100.0 Å². The molecule has 0 aliphatic heterocycles. The molecule has 0 saturated heterocycles. The van der Waals surface area contributed by atoms with Gasteiger partial charge in [0.25, 0.3) is 0 Å². The van der Waals surface area contributed by atoms with E-state index in [9.17, 15) is 0 Å². The number of unbranched alkanes of at least 4 members (excludes halogenated alkanes) is 50. The molecule has 0 aliphatic rings. The van der Waals surface area contributed by atoms with Crippen LogP contribution in [0.5, 0.6) is 0 Å². The van der Waals surface area contributed by atoms with Gasteiger partial charge in [-0.1, -0.05) is 384 Å². The molecular formula is C80H140N2. The minimum atomic E-state index is 0.985. The van der Waals surface area contributed by atoms with Crippen LogP contribution in [-0.4, -0.2) is 11.4 Å². The third-order valence-electron chi connectivity index (χ3n) is 17.8. The maximum absolute atomic E-state index is 5.55. The SMILES string of the molecule is CCCCCCCCCCCCCCCCCCC/C=C/CCCc1ccccc1N=C(CCCCCCCC)C(CCCC)=Nc1ccc(/C=C/CCCCCCCCCCCCCCCCCCCCCCCCCCCC)cc1. The minimum absolute atomic E-state index is 0.985. The number of nitrogens with zero attached hydrogens (tertiary/aromatic N) is 2. The molecule has 82 heavy (non-hydrogen) atoms. The van der Waals surface area contributed by atoms with E-state index in [1.165, 1.54) is 356 Å². The second-order valence-corrected chi connectivity index (χ2v) is 25.8. The standard InChI is InChI=1S/C80H140N2/c1-5-9-13-16-19-21-23-25-27-29-31-33-35-36-37-38-39-40-41-43-45-47-49-51-53-55-57-60-65-75-71-73-77(74-72-75)81-79(68-12-8-4)80(70-62-59-18-15-11-7-3)82-78-69-64-63-67-76(78)66-61-58-56-54-52-50-48-46-44-42-34-32-30-28-26-24-22-20-17-14-10-6-2/h54,56,60,63-65,67,69,71-74H,5-53,55,57-59,61-62,66,68,70H2,1-4H3/b56-54+,65-60+,81-79?,82-80?. The summed E-state index contributed by atoms with van der Waals surface area (Å²) in [6, 6.07) is 18.0. The maximum atomic E-state index is 5.55. The van der Waals surface area contributed by atoms with Crippen LogP contribution in [0.15, 0.2) is 76.7 Å². The molecule has 2 rings (SSSR count). The molecule has 2 heteroatoms. The Kier molecular flexibility index (Phi) is 56.4. The van der Waals surface area contributed by atoms with E-state index >= 15 is 0 Å². The van der Waals surface area contributed by atoms with Gasteiger partial charge in [-0.3, -0.25) is 9.98 Å². The number of hydrogen-bond acceptors (Lipinski definition) is 2. The van der Waals surface area contributed by atoms with Crippen molar-refractivity contribution in [3.8, 4) is 0 Å². The lowest BCUT2D eigenvalue weighted by atomic mass is 10.0. The Morgan fingerprint density at radius 1 is 0.280 bits per heavy atom. The van der Waals surface area contributed by atoms with Crippen molar-refractivity contribution in [1.82, 2.24) is 0 Å². The quantitative estimate of drug-likeness (QED) is 0.0358. The summed E-state index contributed by atoms with van der Waals surface area (Å²) in [6.07, 6.45) is 89.5. The summed E-state index contributed by atoms with van der Waals surface area (Å²) in [5, 5.41) is 0. The molecule has 0 heterocycles. The molecule has 2 nitrogen and oxygen atoms in total. The first-order valence-corrected chi connectivity index (χ1v) is 37.4. The molecule has 0 amide bonds. The van der Waals surface area contributed by atoms with Crippen LogP contribution in [0, 0.1) is 0 Å². The highest BCUT2D eigenvalue weighted by Crippen LogP contribution is 2.26. The number of hydrogen-bond donors (Lipinski definition) is 0. The predicted octanol–water partition coefficient (Wildman–Crippen LogP) is 29.0. The number of benzene rings is 2. The first-order valence-electron chi connectivity index (χ1n) is 37.4. The van der Waals surface area contributed by atoms with Crippen molar-refractivity contribution in [3.05, 3.63) is 77.9 Å². The number of aryl methyl sites for hydroxylation is 1. The van der Waals surface area contributed by atoms with E-state index in [1.54, 1.807) is 0 Å². The monoisotopic (exact) mass is 1130 g/mol. The number of rotatable bonds is 63. The van der Waals surface area contributed by atoms with Gasteiger partial charge >= 0.3 is 0 Å². The van der Waals surface area contributed by atoms with Gasteiger partial charge in [-0.15, -0.1) is 0 Å². The molecule has 2 aromatic rings. The number of allylic oxidation sites excluding steroid dienone is 3. The van der Waals surface area contributed by atoms with Crippen molar-refractivity contribution in [1.29, 1.82) is 0 Å². The molecule has 0 saturated carbocycles. The van der Waals surface area contributed by atoms with Gasteiger partial charge in [0.2, 0.25) is 0 Å². The Morgan fingerprint density at radius 2 is 0.585 bits per heavy atom. The van der Waals surface area contributed by atoms with Crippen molar-refractivity contribution in [2.75, 3.05) is 0 Å². The molecule has 0 aromatic heterocycles. The topological polar surface area (TPSA) is 24.7 Å². The van der Waals surface area contributed by atoms with E-state index < -0.39 is 0 Å². The van der Waals surface area contributed by atoms with Crippen molar-refractivity contribution in [2.45, 2.75) is 400 Å². The van der Waals surface area contributed by atoms with Crippen molar-refractivity contribution in [2.24, 2.45) is 9.98 Å². The van der Waals surface area contributed by atoms with E-state index in [1.807, 2.05) is 0 Å². The summed E-state index contributed by atoms with van der Waals surface area (Å²) in [7, 11) is 0. The lowest BCUT2D eigenvalue weighted by Crippen LogP contribution is -2.14. The third kappa shape index (κ3) is 48.5. The zero-order valence-electron chi connectivity index (χ0n) is 55.8. The second-order valence-electron chi connectivity index (χ2n) is 25.8. The highest BCUT2D eigenvalue weighted by Gasteiger charge is 2.13. The zero-order chi connectivity index (χ0) is 58.4. The zero-order valence-corrected chi connectivity index (χ0v) is 55.8. The first kappa shape index (κ1) is 75.4. The third-order valence-corrected chi connectivity index (χ3v) is 17.8. The molecule has 0 spiro atoms. The van der Waals surface area contributed by atoms with Crippen LogP contribution in [-0.2, 0) is 6.42 Å². The Bertz CT molecular complexity index is 1730. The molecule has 2 aromatic carbocycles. The largest absolute Gasteiger partial charge is 0.252 e. The van der Waals surface area contributed by atoms with Crippen LogP contribution in [0.3, 0.4) is 0 Å². The van der Waals surface area contributed by atoms with E-state index in [-0.39, 0.29) is 0 Å². The van der Waals surface area contributed by atoms with Crippen LogP contribution < -0.4 is 0 Å². The Morgan fingerprint density at radius 3 is 0.976 bits per heavy atom. The molecule has 0 atom stereocenters.